The molecule has 3 aromatic carbocycles. The van der Waals surface area contributed by atoms with E-state index in [9.17, 15) is 4.79 Å². The van der Waals surface area contributed by atoms with Gasteiger partial charge >= 0.3 is 0 Å². The first kappa shape index (κ1) is 23.0. The highest BCUT2D eigenvalue weighted by Gasteiger charge is 2.30. The minimum atomic E-state index is -0.739. The van der Waals surface area contributed by atoms with Gasteiger partial charge in [-0.3, -0.25) is 9.78 Å². The predicted octanol–water partition coefficient (Wildman–Crippen LogP) is 7.29. The van der Waals surface area contributed by atoms with E-state index in [1.165, 1.54) is 5.56 Å². The SMILES string of the molecule is [C-]#[N+]c1ccc2c(-c3ccc4c5c(ccnc35)CCO4)c(C(OC(C)(C)C)C(C)=O)c(C)cc2c1. The summed E-state index contributed by atoms with van der Waals surface area (Å²) < 4.78 is 12.3. The van der Waals surface area contributed by atoms with Crippen molar-refractivity contribution >= 4 is 33.1 Å². The molecule has 4 aromatic rings. The van der Waals surface area contributed by atoms with Gasteiger partial charge in [0.25, 0.3) is 0 Å². The highest BCUT2D eigenvalue weighted by Crippen LogP contribution is 2.45. The lowest BCUT2D eigenvalue weighted by molar-refractivity contribution is -0.138. The van der Waals surface area contributed by atoms with Gasteiger partial charge < -0.3 is 9.47 Å². The van der Waals surface area contributed by atoms with E-state index in [0.717, 1.165) is 56.1 Å². The summed E-state index contributed by atoms with van der Waals surface area (Å²) in [7, 11) is 0. The fourth-order valence-corrected chi connectivity index (χ4v) is 5.05. The molecule has 0 N–H and O–H groups in total. The van der Waals surface area contributed by atoms with E-state index in [0.29, 0.717) is 12.3 Å². The van der Waals surface area contributed by atoms with Gasteiger partial charge in [-0.05, 0) is 91.9 Å². The maximum absolute atomic E-state index is 13.0. The summed E-state index contributed by atoms with van der Waals surface area (Å²) in [6.07, 6.45) is 1.94. The molecule has 0 spiro atoms. The number of fused-ring (bicyclic) bond motifs is 1. The summed E-state index contributed by atoms with van der Waals surface area (Å²) in [4.78, 5) is 21.4. The van der Waals surface area contributed by atoms with Crippen molar-refractivity contribution in [1.82, 2.24) is 4.98 Å². The topological polar surface area (TPSA) is 52.8 Å². The Balaban J connectivity index is 1.92. The number of aromatic nitrogens is 1. The van der Waals surface area contributed by atoms with Crippen LogP contribution in [0.25, 0.3) is 37.6 Å². The van der Waals surface area contributed by atoms with Crippen LogP contribution in [-0.4, -0.2) is 23.0 Å². The molecular weight excluding hydrogens is 436 g/mol. The molecule has 1 aliphatic heterocycles. The highest BCUT2D eigenvalue weighted by atomic mass is 16.5. The number of hydrogen-bond acceptors (Lipinski definition) is 4. The number of rotatable bonds is 4. The van der Waals surface area contributed by atoms with Crippen molar-refractivity contribution in [1.29, 1.82) is 0 Å². The second-order valence-electron chi connectivity index (χ2n) is 10.1. The Kier molecular flexibility index (Phi) is 5.57. The molecule has 5 rings (SSSR count). The van der Waals surface area contributed by atoms with Crippen molar-refractivity contribution in [3.63, 3.8) is 0 Å². The fraction of sp³-hybridized carbons (Fsp3) is 0.300. The van der Waals surface area contributed by atoms with Gasteiger partial charge in [-0.2, -0.15) is 0 Å². The van der Waals surface area contributed by atoms with Gasteiger partial charge in [0.1, 0.15) is 11.9 Å². The lowest BCUT2D eigenvalue weighted by atomic mass is 9.84. The van der Waals surface area contributed by atoms with E-state index in [1.807, 2.05) is 70.3 Å². The zero-order valence-electron chi connectivity index (χ0n) is 20.7. The van der Waals surface area contributed by atoms with Crippen molar-refractivity contribution < 1.29 is 14.3 Å². The van der Waals surface area contributed by atoms with E-state index < -0.39 is 11.7 Å². The van der Waals surface area contributed by atoms with Gasteiger partial charge in [-0.1, -0.05) is 18.2 Å². The van der Waals surface area contributed by atoms with E-state index in [1.54, 1.807) is 6.92 Å². The molecular formula is C30H28N2O3. The molecule has 0 fully saturated rings. The number of ether oxygens (including phenoxy) is 2. The quantitative estimate of drug-likeness (QED) is 0.298. The Labute approximate surface area is 205 Å². The Morgan fingerprint density at radius 1 is 1.17 bits per heavy atom. The predicted molar refractivity (Wildman–Crippen MR) is 139 cm³/mol. The van der Waals surface area contributed by atoms with Crippen LogP contribution in [0.3, 0.4) is 0 Å². The summed E-state index contributed by atoms with van der Waals surface area (Å²) in [6, 6.07) is 13.8. The number of carbonyl (C=O) groups excluding carboxylic acids is 1. The van der Waals surface area contributed by atoms with Crippen molar-refractivity contribution in [3.8, 4) is 16.9 Å². The van der Waals surface area contributed by atoms with Crippen molar-refractivity contribution in [2.45, 2.75) is 52.7 Å². The molecule has 1 aliphatic rings. The average molecular weight is 465 g/mol. The molecule has 1 atom stereocenters. The van der Waals surface area contributed by atoms with Crippen molar-refractivity contribution in [2.24, 2.45) is 0 Å². The first-order chi connectivity index (χ1) is 16.7. The largest absolute Gasteiger partial charge is 0.493 e. The Hall–Kier alpha value is -3.75. The summed E-state index contributed by atoms with van der Waals surface area (Å²) in [5.74, 6) is 0.779. The molecule has 0 saturated carbocycles. The van der Waals surface area contributed by atoms with Crippen molar-refractivity contribution in [3.05, 3.63) is 76.8 Å². The number of hydrogen-bond donors (Lipinski definition) is 0. The molecule has 176 valence electrons. The monoisotopic (exact) mass is 464 g/mol. The number of pyridine rings is 1. The van der Waals surface area contributed by atoms with Crippen LogP contribution in [0.4, 0.5) is 5.69 Å². The highest BCUT2D eigenvalue weighted by molar-refractivity contribution is 6.09. The minimum absolute atomic E-state index is 0.0552. The van der Waals surface area contributed by atoms with Crippen molar-refractivity contribution in [2.75, 3.05) is 6.61 Å². The van der Waals surface area contributed by atoms with Crippen LogP contribution in [0.2, 0.25) is 0 Å². The maximum Gasteiger partial charge on any atom is 0.187 e. The van der Waals surface area contributed by atoms with E-state index >= 15 is 0 Å². The molecule has 0 saturated heterocycles. The number of Topliss-reactive ketones (excluding diaryl/α,β-unsaturated/α-hetero) is 1. The number of nitrogens with zero attached hydrogens (tertiary/aromatic N) is 2. The van der Waals surface area contributed by atoms with Crippen LogP contribution >= 0.6 is 0 Å². The number of ketones is 1. The van der Waals surface area contributed by atoms with Gasteiger partial charge in [0.05, 0.1) is 24.3 Å². The standard InChI is InChI=1S/C30H28N2O3/c1-17-15-20-16-21(31-6)7-8-22(20)27(25(17)29(18(2)33)35-30(3,4)5)23-9-10-24-26-19(12-14-34-24)11-13-32-28(23)26/h7-11,13,15-16,29H,12,14H2,1-5H3. The summed E-state index contributed by atoms with van der Waals surface area (Å²) in [5.41, 5.74) is 5.75. The zero-order valence-corrected chi connectivity index (χ0v) is 20.7. The first-order valence-electron chi connectivity index (χ1n) is 11.8. The van der Waals surface area contributed by atoms with E-state index in [2.05, 4.69) is 10.9 Å². The van der Waals surface area contributed by atoms with Crippen LogP contribution in [-0.2, 0) is 16.0 Å². The average Bonchev–Trinajstić information content (AvgIpc) is 2.82. The normalized spacial score (nSPS) is 13.9. The molecule has 1 aromatic heterocycles. The molecule has 0 radical (unpaired) electrons. The second kappa shape index (κ2) is 8.48. The van der Waals surface area contributed by atoms with Crippen LogP contribution in [0.1, 0.15) is 50.5 Å². The maximum atomic E-state index is 13.0. The molecule has 0 aliphatic carbocycles. The third-order valence-corrected chi connectivity index (χ3v) is 6.44. The lowest BCUT2D eigenvalue weighted by Gasteiger charge is -2.30. The zero-order chi connectivity index (χ0) is 24.9. The molecule has 1 unspecified atom stereocenters. The van der Waals surface area contributed by atoms with E-state index in [-0.39, 0.29) is 5.78 Å². The smallest absolute Gasteiger partial charge is 0.187 e. The molecule has 5 nitrogen and oxygen atoms in total. The van der Waals surface area contributed by atoms with Crippen LogP contribution < -0.4 is 4.74 Å². The molecule has 5 heteroatoms. The molecule has 0 amide bonds. The van der Waals surface area contributed by atoms with Gasteiger partial charge in [0, 0.05) is 23.6 Å². The van der Waals surface area contributed by atoms with Gasteiger partial charge in [-0.25, -0.2) is 4.85 Å². The van der Waals surface area contributed by atoms with Gasteiger partial charge in [-0.15, -0.1) is 0 Å². The van der Waals surface area contributed by atoms with Crippen LogP contribution in [0, 0.1) is 13.5 Å². The lowest BCUT2D eigenvalue weighted by Crippen LogP contribution is -2.27. The molecule has 2 heterocycles. The third kappa shape index (κ3) is 4.05. The summed E-state index contributed by atoms with van der Waals surface area (Å²) >= 11 is 0. The second-order valence-corrected chi connectivity index (χ2v) is 10.1. The summed E-state index contributed by atoms with van der Waals surface area (Å²) in [6.45, 7) is 17.6. The Morgan fingerprint density at radius 2 is 1.97 bits per heavy atom. The Bertz CT molecular complexity index is 1530. The van der Waals surface area contributed by atoms with Crippen LogP contribution in [0.5, 0.6) is 5.75 Å². The number of benzene rings is 3. The minimum Gasteiger partial charge on any atom is -0.493 e. The molecule has 35 heavy (non-hydrogen) atoms. The Morgan fingerprint density at radius 3 is 2.69 bits per heavy atom. The fourth-order valence-electron chi connectivity index (χ4n) is 5.05. The van der Waals surface area contributed by atoms with Gasteiger partial charge in [0.15, 0.2) is 11.5 Å². The molecule has 0 bridgehead atoms. The number of carbonyl (C=O) groups is 1. The van der Waals surface area contributed by atoms with Crippen LogP contribution in [0.15, 0.2) is 48.7 Å². The summed E-state index contributed by atoms with van der Waals surface area (Å²) in [5, 5.41) is 2.93. The first-order valence-corrected chi connectivity index (χ1v) is 11.8. The van der Waals surface area contributed by atoms with Gasteiger partial charge in [0.2, 0.25) is 0 Å². The van der Waals surface area contributed by atoms with E-state index in [4.69, 9.17) is 21.0 Å². The number of aryl methyl sites for hydroxylation is 1. The third-order valence-electron chi connectivity index (χ3n) is 6.44.